The molecular weight excluding hydrogens is 276 g/mol. The predicted molar refractivity (Wildman–Crippen MR) is 96.3 cm³/mol. The zero-order valence-corrected chi connectivity index (χ0v) is 13.9. The van der Waals surface area contributed by atoms with Gasteiger partial charge in [-0.05, 0) is 62.2 Å². The smallest absolute Gasteiger partial charge is 0.175 e. The fourth-order valence-corrected chi connectivity index (χ4v) is 2.81. The van der Waals surface area contributed by atoms with Crippen LogP contribution in [0.1, 0.15) is 29.2 Å². The normalized spacial score (nSPS) is 10.3. The number of para-hydroxylation sites is 1. The number of thiocarbonyl (C=S) groups is 1. The molecule has 0 spiro atoms. The Morgan fingerprint density at radius 2 is 1.62 bits per heavy atom. The Labute approximate surface area is 132 Å². The van der Waals surface area contributed by atoms with Gasteiger partial charge in [-0.1, -0.05) is 42.8 Å². The molecule has 0 atom stereocenters. The lowest BCUT2D eigenvalue weighted by molar-refractivity contribution is 1.14. The van der Waals surface area contributed by atoms with E-state index < -0.39 is 0 Å². The lowest BCUT2D eigenvalue weighted by Crippen LogP contribution is -2.21. The monoisotopic (exact) mass is 298 g/mol. The van der Waals surface area contributed by atoms with Crippen molar-refractivity contribution in [2.24, 2.45) is 0 Å². The molecule has 0 aliphatic carbocycles. The first-order chi connectivity index (χ1) is 10.0. The summed E-state index contributed by atoms with van der Waals surface area (Å²) in [5.74, 6) is 0. The van der Waals surface area contributed by atoms with Crippen LogP contribution in [-0.2, 0) is 6.42 Å². The molecule has 0 fully saturated rings. The maximum atomic E-state index is 5.46. The Morgan fingerprint density at radius 3 is 2.24 bits per heavy atom. The number of hydrogen-bond acceptors (Lipinski definition) is 1. The third kappa shape index (κ3) is 3.82. The van der Waals surface area contributed by atoms with Crippen LogP contribution in [0.3, 0.4) is 0 Å². The van der Waals surface area contributed by atoms with Crippen LogP contribution in [-0.4, -0.2) is 5.11 Å². The van der Waals surface area contributed by atoms with E-state index >= 15 is 0 Å². The summed E-state index contributed by atoms with van der Waals surface area (Å²) < 4.78 is 0. The fraction of sp³-hybridized carbons (Fsp3) is 0.278. The zero-order valence-electron chi connectivity index (χ0n) is 13.1. The first kappa shape index (κ1) is 15.5. The molecule has 0 heterocycles. The van der Waals surface area contributed by atoms with Gasteiger partial charge in [0, 0.05) is 11.4 Å². The Kier molecular flexibility index (Phi) is 4.97. The van der Waals surface area contributed by atoms with Crippen molar-refractivity contribution in [1.29, 1.82) is 0 Å². The van der Waals surface area contributed by atoms with E-state index in [9.17, 15) is 0 Å². The molecule has 3 heteroatoms. The second kappa shape index (κ2) is 6.72. The minimum Gasteiger partial charge on any atom is -0.332 e. The van der Waals surface area contributed by atoms with Gasteiger partial charge in [0.1, 0.15) is 0 Å². The van der Waals surface area contributed by atoms with Crippen LogP contribution < -0.4 is 10.6 Å². The SMILES string of the molecule is CCc1ccccc1NC(=S)Nc1c(C)cc(C)cc1C. The maximum absolute atomic E-state index is 5.46. The van der Waals surface area contributed by atoms with Crippen molar-refractivity contribution in [2.45, 2.75) is 34.1 Å². The molecule has 0 saturated heterocycles. The quantitative estimate of drug-likeness (QED) is 0.781. The van der Waals surface area contributed by atoms with Gasteiger partial charge < -0.3 is 10.6 Å². The third-order valence-electron chi connectivity index (χ3n) is 3.56. The number of rotatable bonds is 3. The number of aryl methyl sites for hydroxylation is 4. The summed E-state index contributed by atoms with van der Waals surface area (Å²) in [6.07, 6.45) is 0.981. The lowest BCUT2D eigenvalue weighted by atomic mass is 10.1. The molecular formula is C18H22N2S. The highest BCUT2D eigenvalue weighted by Crippen LogP contribution is 2.22. The van der Waals surface area contributed by atoms with Crippen LogP contribution in [0.15, 0.2) is 36.4 Å². The zero-order chi connectivity index (χ0) is 15.4. The van der Waals surface area contributed by atoms with E-state index in [0.717, 1.165) is 17.8 Å². The average Bonchev–Trinajstić information content (AvgIpc) is 2.43. The Morgan fingerprint density at radius 1 is 1.00 bits per heavy atom. The summed E-state index contributed by atoms with van der Waals surface area (Å²) in [6, 6.07) is 12.6. The van der Waals surface area contributed by atoms with Gasteiger partial charge in [-0.25, -0.2) is 0 Å². The van der Waals surface area contributed by atoms with E-state index in [4.69, 9.17) is 12.2 Å². The van der Waals surface area contributed by atoms with Crippen LogP contribution in [0.5, 0.6) is 0 Å². The number of hydrogen-bond donors (Lipinski definition) is 2. The molecule has 0 aliphatic heterocycles. The number of benzene rings is 2. The van der Waals surface area contributed by atoms with Crippen LogP contribution >= 0.6 is 12.2 Å². The summed E-state index contributed by atoms with van der Waals surface area (Å²) in [5, 5.41) is 7.26. The highest BCUT2D eigenvalue weighted by atomic mass is 32.1. The van der Waals surface area contributed by atoms with E-state index in [1.807, 2.05) is 6.07 Å². The first-order valence-corrected chi connectivity index (χ1v) is 7.66. The second-order valence-corrected chi connectivity index (χ2v) is 5.77. The molecule has 110 valence electrons. The van der Waals surface area contributed by atoms with Crippen molar-refractivity contribution in [1.82, 2.24) is 0 Å². The number of anilines is 2. The third-order valence-corrected chi connectivity index (χ3v) is 3.77. The van der Waals surface area contributed by atoms with E-state index in [1.54, 1.807) is 0 Å². The van der Waals surface area contributed by atoms with Gasteiger partial charge in [0.25, 0.3) is 0 Å². The molecule has 0 aromatic heterocycles. The van der Waals surface area contributed by atoms with E-state index in [0.29, 0.717) is 5.11 Å². The largest absolute Gasteiger partial charge is 0.332 e. The second-order valence-electron chi connectivity index (χ2n) is 5.36. The first-order valence-electron chi connectivity index (χ1n) is 7.25. The van der Waals surface area contributed by atoms with Gasteiger partial charge in [-0.2, -0.15) is 0 Å². The Hall–Kier alpha value is -1.87. The minimum atomic E-state index is 0.631. The van der Waals surface area contributed by atoms with Crippen molar-refractivity contribution >= 4 is 28.7 Å². The fourth-order valence-electron chi connectivity index (χ4n) is 2.59. The Bertz CT molecular complexity index is 639. The molecule has 2 nitrogen and oxygen atoms in total. The van der Waals surface area contributed by atoms with E-state index in [-0.39, 0.29) is 0 Å². The van der Waals surface area contributed by atoms with Crippen molar-refractivity contribution in [3.63, 3.8) is 0 Å². The molecule has 2 rings (SSSR count). The van der Waals surface area contributed by atoms with Gasteiger partial charge >= 0.3 is 0 Å². The highest BCUT2D eigenvalue weighted by Gasteiger charge is 2.07. The molecule has 0 amide bonds. The van der Waals surface area contributed by atoms with Gasteiger partial charge in [-0.3, -0.25) is 0 Å². The number of nitrogens with one attached hydrogen (secondary N) is 2. The molecule has 0 unspecified atom stereocenters. The highest BCUT2D eigenvalue weighted by molar-refractivity contribution is 7.80. The molecule has 0 aliphatic rings. The molecule has 0 saturated carbocycles. The summed E-state index contributed by atoms with van der Waals surface area (Å²) >= 11 is 5.46. The summed E-state index contributed by atoms with van der Waals surface area (Å²) in [7, 11) is 0. The van der Waals surface area contributed by atoms with E-state index in [1.165, 1.54) is 22.3 Å². The molecule has 0 radical (unpaired) electrons. The van der Waals surface area contributed by atoms with Crippen molar-refractivity contribution in [3.05, 3.63) is 58.7 Å². The molecule has 2 aromatic carbocycles. The van der Waals surface area contributed by atoms with Crippen LogP contribution in [0.2, 0.25) is 0 Å². The van der Waals surface area contributed by atoms with Gasteiger partial charge in [0.15, 0.2) is 5.11 Å². The molecule has 21 heavy (non-hydrogen) atoms. The average molecular weight is 298 g/mol. The van der Waals surface area contributed by atoms with Gasteiger partial charge in [0.05, 0.1) is 0 Å². The van der Waals surface area contributed by atoms with Crippen LogP contribution in [0.4, 0.5) is 11.4 Å². The Balaban J connectivity index is 2.16. The minimum absolute atomic E-state index is 0.631. The summed E-state index contributed by atoms with van der Waals surface area (Å²) in [4.78, 5) is 0. The van der Waals surface area contributed by atoms with Gasteiger partial charge in [0.2, 0.25) is 0 Å². The topological polar surface area (TPSA) is 24.1 Å². The predicted octanol–water partition coefficient (Wildman–Crippen LogP) is 4.98. The maximum Gasteiger partial charge on any atom is 0.175 e. The standard InChI is InChI=1S/C18H22N2S/c1-5-15-8-6-7-9-16(15)19-18(21)20-17-13(3)10-12(2)11-14(17)4/h6-11H,5H2,1-4H3,(H2,19,20,21). The lowest BCUT2D eigenvalue weighted by Gasteiger charge is -2.17. The van der Waals surface area contributed by atoms with Crippen molar-refractivity contribution in [3.8, 4) is 0 Å². The van der Waals surface area contributed by atoms with Crippen molar-refractivity contribution < 1.29 is 0 Å². The van der Waals surface area contributed by atoms with Crippen LogP contribution in [0.25, 0.3) is 0 Å². The van der Waals surface area contributed by atoms with E-state index in [2.05, 4.69) is 68.7 Å². The molecule has 2 N–H and O–H groups in total. The van der Waals surface area contributed by atoms with Gasteiger partial charge in [-0.15, -0.1) is 0 Å². The summed E-state index contributed by atoms with van der Waals surface area (Å²) in [6.45, 7) is 8.46. The molecule has 2 aromatic rings. The molecule has 0 bridgehead atoms. The summed E-state index contributed by atoms with van der Waals surface area (Å²) in [5.41, 5.74) is 7.11. The van der Waals surface area contributed by atoms with Crippen molar-refractivity contribution in [2.75, 3.05) is 10.6 Å². The van der Waals surface area contributed by atoms with Crippen LogP contribution in [0, 0.1) is 20.8 Å².